The van der Waals surface area contributed by atoms with Gasteiger partial charge in [0.1, 0.15) is 5.82 Å². The zero-order valence-electron chi connectivity index (χ0n) is 9.68. The molecule has 0 saturated heterocycles. The van der Waals surface area contributed by atoms with Crippen molar-refractivity contribution in [3.05, 3.63) is 39.4 Å². The van der Waals surface area contributed by atoms with E-state index in [1.54, 1.807) is 0 Å². The highest BCUT2D eigenvalue weighted by molar-refractivity contribution is 5.76. The number of carboxylic acid groups (broad SMARTS) is 1. The van der Waals surface area contributed by atoms with E-state index < -0.39 is 40.1 Å². The molecule has 0 amide bonds. The van der Waals surface area contributed by atoms with Gasteiger partial charge >= 0.3 is 11.7 Å². The average molecular weight is 259 g/mol. The van der Waals surface area contributed by atoms with Crippen LogP contribution in [0.5, 0.6) is 0 Å². The molecule has 1 atom stereocenters. The van der Waals surface area contributed by atoms with Gasteiger partial charge in [0, 0.05) is 5.56 Å². The van der Waals surface area contributed by atoms with Gasteiger partial charge in [-0.3, -0.25) is 14.9 Å². The van der Waals surface area contributed by atoms with Crippen molar-refractivity contribution in [3.63, 3.8) is 0 Å². The number of carboxylic acids is 1. The minimum Gasteiger partial charge on any atom is -0.481 e. The van der Waals surface area contributed by atoms with Gasteiger partial charge < -0.3 is 5.11 Å². The van der Waals surface area contributed by atoms with E-state index in [9.17, 15) is 23.7 Å². The Labute approximate surface area is 101 Å². The molecular formula is C11H11F2NO4. The highest BCUT2D eigenvalue weighted by atomic mass is 19.1. The zero-order valence-corrected chi connectivity index (χ0v) is 9.68. The predicted molar refractivity (Wildman–Crippen MR) is 58.2 cm³/mol. The number of benzene rings is 1. The normalized spacial score (nSPS) is 12.5. The molecule has 18 heavy (non-hydrogen) atoms. The lowest BCUT2D eigenvalue weighted by Gasteiger charge is -2.17. The molecule has 1 rings (SSSR count). The van der Waals surface area contributed by atoms with Crippen LogP contribution < -0.4 is 0 Å². The molecule has 1 aromatic carbocycles. The number of rotatable bonds is 4. The molecule has 98 valence electrons. The number of hydrogen-bond donors (Lipinski definition) is 1. The highest BCUT2D eigenvalue weighted by Gasteiger charge is 2.29. The first-order chi connectivity index (χ1) is 8.25. The highest BCUT2D eigenvalue weighted by Crippen LogP contribution is 2.31. The van der Waals surface area contributed by atoms with E-state index in [-0.39, 0.29) is 5.56 Å². The van der Waals surface area contributed by atoms with Crippen LogP contribution in [0, 0.1) is 27.7 Å². The van der Waals surface area contributed by atoms with Crippen molar-refractivity contribution in [3.8, 4) is 0 Å². The number of nitro benzene ring substituents is 1. The molecule has 1 aromatic rings. The Hall–Kier alpha value is -2.05. The van der Waals surface area contributed by atoms with Crippen LogP contribution in [0.2, 0.25) is 0 Å². The molecule has 7 heteroatoms. The Morgan fingerprint density at radius 2 is 1.89 bits per heavy atom. The minimum absolute atomic E-state index is 0.388. The van der Waals surface area contributed by atoms with E-state index in [1.165, 1.54) is 13.8 Å². The van der Waals surface area contributed by atoms with Gasteiger partial charge in [0.2, 0.25) is 5.82 Å². The van der Waals surface area contributed by atoms with Crippen molar-refractivity contribution in [1.82, 2.24) is 0 Å². The standard InChI is InChI=1S/C11H11F2NO4/c1-5(2)10(11(15)16)6-3-8(13)9(14(17)18)4-7(6)12/h3-5,10H,1-2H3,(H,15,16). The van der Waals surface area contributed by atoms with Gasteiger partial charge in [-0.25, -0.2) is 4.39 Å². The summed E-state index contributed by atoms with van der Waals surface area (Å²) in [4.78, 5) is 20.3. The molecule has 1 unspecified atom stereocenters. The van der Waals surface area contributed by atoms with Crippen LogP contribution in [0.15, 0.2) is 12.1 Å². The van der Waals surface area contributed by atoms with Crippen molar-refractivity contribution in [1.29, 1.82) is 0 Å². The fourth-order valence-corrected chi connectivity index (χ4v) is 1.71. The van der Waals surface area contributed by atoms with E-state index in [0.717, 1.165) is 0 Å². The summed E-state index contributed by atoms with van der Waals surface area (Å²) < 4.78 is 27.0. The Balaban J connectivity index is 3.38. The van der Waals surface area contributed by atoms with E-state index in [1.807, 2.05) is 0 Å². The van der Waals surface area contributed by atoms with Crippen LogP contribution in [0.3, 0.4) is 0 Å². The fourth-order valence-electron chi connectivity index (χ4n) is 1.71. The second-order valence-corrected chi connectivity index (χ2v) is 4.14. The molecule has 1 N–H and O–H groups in total. The second-order valence-electron chi connectivity index (χ2n) is 4.14. The van der Waals surface area contributed by atoms with Crippen LogP contribution >= 0.6 is 0 Å². The van der Waals surface area contributed by atoms with Crippen molar-refractivity contribution in [2.45, 2.75) is 19.8 Å². The average Bonchev–Trinajstić information content (AvgIpc) is 2.21. The maximum Gasteiger partial charge on any atom is 0.311 e. The van der Waals surface area contributed by atoms with Crippen molar-refractivity contribution in [2.75, 3.05) is 0 Å². The monoisotopic (exact) mass is 259 g/mol. The molecule has 0 heterocycles. The summed E-state index contributed by atoms with van der Waals surface area (Å²) in [5, 5.41) is 19.4. The summed E-state index contributed by atoms with van der Waals surface area (Å²) in [5.41, 5.74) is -1.40. The summed E-state index contributed by atoms with van der Waals surface area (Å²) in [6.07, 6.45) is 0. The molecule has 0 aromatic heterocycles. The first kappa shape index (κ1) is 14.0. The first-order valence-electron chi connectivity index (χ1n) is 5.11. The largest absolute Gasteiger partial charge is 0.481 e. The van der Waals surface area contributed by atoms with Gasteiger partial charge in [-0.05, 0) is 12.0 Å². The van der Waals surface area contributed by atoms with E-state index in [4.69, 9.17) is 5.11 Å². The third-order valence-electron chi connectivity index (χ3n) is 2.53. The molecule has 0 fully saturated rings. The molecule has 0 spiro atoms. The maximum atomic E-state index is 13.6. The number of nitro groups is 1. The first-order valence-corrected chi connectivity index (χ1v) is 5.11. The number of nitrogens with zero attached hydrogens (tertiary/aromatic N) is 1. The fraction of sp³-hybridized carbons (Fsp3) is 0.364. The summed E-state index contributed by atoms with van der Waals surface area (Å²) >= 11 is 0. The maximum absolute atomic E-state index is 13.6. The van der Waals surface area contributed by atoms with Crippen LogP contribution in [-0.4, -0.2) is 16.0 Å². The van der Waals surface area contributed by atoms with Crippen molar-refractivity contribution >= 4 is 11.7 Å². The minimum atomic E-state index is -1.31. The van der Waals surface area contributed by atoms with Gasteiger partial charge in [-0.1, -0.05) is 13.8 Å². The number of aliphatic carboxylic acids is 1. The topological polar surface area (TPSA) is 80.4 Å². The molecule has 5 nitrogen and oxygen atoms in total. The van der Waals surface area contributed by atoms with Gasteiger partial charge in [0.05, 0.1) is 16.9 Å². The van der Waals surface area contributed by atoms with E-state index in [2.05, 4.69) is 0 Å². The number of halogens is 2. The molecule has 0 saturated carbocycles. The number of carbonyl (C=O) groups is 1. The van der Waals surface area contributed by atoms with Crippen LogP contribution in [-0.2, 0) is 4.79 Å². The molecule has 0 aliphatic heterocycles. The van der Waals surface area contributed by atoms with Crippen molar-refractivity contribution in [2.24, 2.45) is 5.92 Å². The van der Waals surface area contributed by atoms with Gasteiger partial charge in [0.25, 0.3) is 0 Å². The van der Waals surface area contributed by atoms with Crippen molar-refractivity contribution < 1.29 is 23.6 Å². The lowest BCUT2D eigenvalue weighted by molar-refractivity contribution is -0.387. The van der Waals surface area contributed by atoms with Gasteiger partial charge in [0.15, 0.2) is 0 Å². The van der Waals surface area contributed by atoms with Crippen LogP contribution in [0.1, 0.15) is 25.3 Å². The smallest absolute Gasteiger partial charge is 0.311 e. The Kier molecular flexibility index (Phi) is 3.95. The summed E-state index contributed by atoms with van der Waals surface area (Å²) in [6.45, 7) is 3.08. The second kappa shape index (κ2) is 5.07. The lowest BCUT2D eigenvalue weighted by atomic mass is 9.88. The Morgan fingerprint density at radius 3 is 2.28 bits per heavy atom. The molecular weight excluding hydrogens is 248 g/mol. The SMILES string of the molecule is CC(C)C(C(=O)O)c1cc(F)c([N+](=O)[O-])cc1F. The molecule has 0 aliphatic carbocycles. The third kappa shape index (κ3) is 2.61. The quantitative estimate of drug-likeness (QED) is 0.665. The molecule has 0 bridgehead atoms. The Morgan fingerprint density at radius 1 is 1.33 bits per heavy atom. The lowest BCUT2D eigenvalue weighted by Crippen LogP contribution is -2.19. The summed E-state index contributed by atoms with van der Waals surface area (Å²) in [5.74, 6) is -5.37. The van der Waals surface area contributed by atoms with Crippen LogP contribution in [0.25, 0.3) is 0 Å². The summed E-state index contributed by atoms with van der Waals surface area (Å²) in [7, 11) is 0. The van der Waals surface area contributed by atoms with E-state index in [0.29, 0.717) is 12.1 Å². The van der Waals surface area contributed by atoms with Gasteiger partial charge in [-0.2, -0.15) is 4.39 Å². The third-order valence-corrected chi connectivity index (χ3v) is 2.53. The van der Waals surface area contributed by atoms with E-state index >= 15 is 0 Å². The summed E-state index contributed by atoms with van der Waals surface area (Å²) in [6, 6.07) is 0.981. The van der Waals surface area contributed by atoms with Gasteiger partial charge in [-0.15, -0.1) is 0 Å². The zero-order chi connectivity index (χ0) is 14.0. The molecule has 0 radical (unpaired) electrons. The Bertz CT molecular complexity index is 502. The van der Waals surface area contributed by atoms with Crippen LogP contribution in [0.4, 0.5) is 14.5 Å². The number of hydrogen-bond acceptors (Lipinski definition) is 3. The predicted octanol–water partition coefficient (Wildman–Crippen LogP) is 2.70. The molecule has 0 aliphatic rings.